The number of hydrogen-bond acceptors (Lipinski definition) is 6. The average Bonchev–Trinajstić information content (AvgIpc) is 3.56. The standard InChI is InChI=1S/C26H35N3O4S/c1-32-20-7-8-22(24(17-20)33-2)23-6-3-13-29(23)25(30)18-28-14-10-19(11-15-28)26(31)27-12-9-21-5-4-16-34-21/h4-5,7-8,16-17,19,23H,3,6,9-15,18H2,1-2H3,(H,27,31). The van der Waals surface area contributed by atoms with Gasteiger partial charge < -0.3 is 19.7 Å². The maximum absolute atomic E-state index is 13.2. The van der Waals surface area contributed by atoms with Crippen molar-refractivity contribution in [2.75, 3.05) is 46.9 Å². The fourth-order valence-electron chi connectivity index (χ4n) is 5.03. The smallest absolute Gasteiger partial charge is 0.237 e. The van der Waals surface area contributed by atoms with Gasteiger partial charge in [0.2, 0.25) is 11.8 Å². The quantitative estimate of drug-likeness (QED) is 0.589. The summed E-state index contributed by atoms with van der Waals surface area (Å²) in [6, 6.07) is 9.98. The molecule has 34 heavy (non-hydrogen) atoms. The lowest BCUT2D eigenvalue weighted by molar-refractivity contribution is -0.134. The first-order chi connectivity index (χ1) is 16.6. The van der Waals surface area contributed by atoms with E-state index in [4.69, 9.17) is 9.47 Å². The molecule has 2 fully saturated rings. The molecule has 1 N–H and O–H groups in total. The average molecular weight is 486 g/mol. The van der Waals surface area contributed by atoms with Gasteiger partial charge in [-0.1, -0.05) is 6.07 Å². The van der Waals surface area contributed by atoms with Gasteiger partial charge in [0, 0.05) is 35.5 Å². The first-order valence-corrected chi connectivity index (χ1v) is 13.0. The molecule has 7 nitrogen and oxygen atoms in total. The molecule has 0 aliphatic carbocycles. The van der Waals surface area contributed by atoms with Crippen LogP contribution in [-0.4, -0.2) is 68.6 Å². The molecule has 2 aliphatic heterocycles. The van der Waals surface area contributed by atoms with E-state index in [1.54, 1.807) is 25.6 Å². The Kier molecular flexibility index (Phi) is 8.45. The highest BCUT2D eigenvalue weighted by molar-refractivity contribution is 7.09. The summed E-state index contributed by atoms with van der Waals surface area (Å²) in [5.74, 6) is 1.84. The van der Waals surface area contributed by atoms with Crippen LogP contribution < -0.4 is 14.8 Å². The summed E-state index contributed by atoms with van der Waals surface area (Å²) >= 11 is 1.72. The molecule has 8 heteroatoms. The maximum Gasteiger partial charge on any atom is 0.237 e. The van der Waals surface area contributed by atoms with Crippen molar-refractivity contribution in [3.8, 4) is 11.5 Å². The summed E-state index contributed by atoms with van der Waals surface area (Å²) in [6.07, 6.45) is 4.40. The van der Waals surface area contributed by atoms with E-state index in [1.807, 2.05) is 29.2 Å². The molecule has 2 saturated heterocycles. The van der Waals surface area contributed by atoms with Crippen molar-refractivity contribution >= 4 is 23.2 Å². The number of nitrogens with one attached hydrogen (secondary N) is 1. The van der Waals surface area contributed by atoms with Crippen molar-refractivity contribution in [3.63, 3.8) is 0 Å². The molecule has 184 valence electrons. The Bertz CT molecular complexity index is 957. The number of benzene rings is 1. The van der Waals surface area contributed by atoms with Crippen LogP contribution in [0.1, 0.15) is 42.2 Å². The molecule has 1 aromatic carbocycles. The monoisotopic (exact) mass is 485 g/mol. The highest BCUT2D eigenvalue weighted by Crippen LogP contribution is 2.38. The van der Waals surface area contributed by atoms with E-state index in [-0.39, 0.29) is 23.8 Å². The summed E-state index contributed by atoms with van der Waals surface area (Å²) in [5.41, 5.74) is 1.03. The normalized spacial score (nSPS) is 19.2. The third-order valence-corrected chi connectivity index (χ3v) is 7.88. The fourth-order valence-corrected chi connectivity index (χ4v) is 5.73. The van der Waals surface area contributed by atoms with Gasteiger partial charge in [-0.3, -0.25) is 14.5 Å². The predicted octanol–water partition coefficient (Wildman–Crippen LogP) is 3.50. The van der Waals surface area contributed by atoms with Crippen molar-refractivity contribution in [3.05, 3.63) is 46.2 Å². The number of rotatable bonds is 9. The van der Waals surface area contributed by atoms with Gasteiger partial charge in [-0.05, 0) is 68.8 Å². The fraction of sp³-hybridized carbons (Fsp3) is 0.538. The second kappa shape index (κ2) is 11.7. The second-order valence-corrected chi connectivity index (χ2v) is 10.1. The van der Waals surface area contributed by atoms with E-state index in [2.05, 4.69) is 21.7 Å². The number of ether oxygens (including phenoxy) is 2. The SMILES string of the molecule is COc1ccc(C2CCCN2C(=O)CN2CCC(C(=O)NCCc3cccs3)CC2)c(OC)c1. The number of amides is 2. The Labute approximate surface area is 206 Å². The van der Waals surface area contributed by atoms with Gasteiger partial charge in [-0.15, -0.1) is 11.3 Å². The Morgan fingerprint density at radius 2 is 1.91 bits per heavy atom. The summed E-state index contributed by atoms with van der Waals surface area (Å²) < 4.78 is 10.9. The minimum Gasteiger partial charge on any atom is -0.497 e. The van der Waals surface area contributed by atoms with Crippen molar-refractivity contribution in [1.29, 1.82) is 0 Å². The van der Waals surface area contributed by atoms with Crippen LogP contribution in [0.4, 0.5) is 0 Å². The zero-order valence-electron chi connectivity index (χ0n) is 20.1. The highest BCUT2D eigenvalue weighted by Gasteiger charge is 2.33. The number of likely N-dealkylation sites (tertiary alicyclic amines) is 2. The predicted molar refractivity (Wildman–Crippen MR) is 133 cm³/mol. The lowest BCUT2D eigenvalue weighted by Crippen LogP contribution is -2.45. The molecule has 0 spiro atoms. The zero-order chi connectivity index (χ0) is 23.9. The topological polar surface area (TPSA) is 71.1 Å². The minimum absolute atomic E-state index is 0.0278. The molecule has 1 aromatic heterocycles. The van der Waals surface area contributed by atoms with Gasteiger partial charge in [0.25, 0.3) is 0 Å². The van der Waals surface area contributed by atoms with Gasteiger partial charge in [0.1, 0.15) is 11.5 Å². The molecular formula is C26H35N3O4S. The van der Waals surface area contributed by atoms with E-state index in [0.29, 0.717) is 13.1 Å². The summed E-state index contributed by atoms with van der Waals surface area (Å²) in [4.78, 5) is 31.3. The maximum atomic E-state index is 13.2. The number of nitrogens with zero attached hydrogens (tertiary/aromatic N) is 2. The molecule has 2 aromatic rings. The number of carbonyl (C=O) groups excluding carboxylic acids is 2. The van der Waals surface area contributed by atoms with E-state index < -0.39 is 0 Å². The minimum atomic E-state index is 0.0278. The molecule has 0 bridgehead atoms. The Morgan fingerprint density at radius 1 is 1.09 bits per heavy atom. The first-order valence-electron chi connectivity index (χ1n) is 12.1. The molecule has 0 saturated carbocycles. The van der Waals surface area contributed by atoms with E-state index >= 15 is 0 Å². The molecule has 0 radical (unpaired) electrons. The van der Waals surface area contributed by atoms with Gasteiger partial charge >= 0.3 is 0 Å². The second-order valence-electron chi connectivity index (χ2n) is 9.02. The molecule has 3 heterocycles. The third-order valence-electron chi connectivity index (χ3n) is 6.94. The van der Waals surface area contributed by atoms with E-state index in [1.165, 1.54) is 4.88 Å². The van der Waals surface area contributed by atoms with Gasteiger partial charge in [0.05, 0.1) is 26.8 Å². The van der Waals surface area contributed by atoms with Gasteiger partial charge in [0.15, 0.2) is 0 Å². The van der Waals surface area contributed by atoms with Crippen molar-refractivity contribution in [2.24, 2.45) is 5.92 Å². The summed E-state index contributed by atoms with van der Waals surface area (Å²) in [5, 5.41) is 5.15. The van der Waals surface area contributed by atoms with Crippen molar-refractivity contribution < 1.29 is 19.1 Å². The first kappa shape index (κ1) is 24.5. The van der Waals surface area contributed by atoms with Crippen LogP contribution in [0.2, 0.25) is 0 Å². The molecule has 4 rings (SSSR count). The Balaban J connectivity index is 1.26. The van der Waals surface area contributed by atoms with Crippen LogP contribution >= 0.6 is 11.3 Å². The number of hydrogen-bond donors (Lipinski definition) is 1. The number of piperidine rings is 1. The van der Waals surface area contributed by atoms with Crippen LogP contribution in [0.3, 0.4) is 0 Å². The molecule has 2 aliphatic rings. The van der Waals surface area contributed by atoms with Crippen LogP contribution in [0.15, 0.2) is 35.7 Å². The van der Waals surface area contributed by atoms with Crippen molar-refractivity contribution in [2.45, 2.75) is 38.1 Å². The lowest BCUT2D eigenvalue weighted by Gasteiger charge is -2.33. The van der Waals surface area contributed by atoms with Crippen LogP contribution in [-0.2, 0) is 16.0 Å². The van der Waals surface area contributed by atoms with Gasteiger partial charge in [-0.25, -0.2) is 0 Å². The van der Waals surface area contributed by atoms with E-state index in [0.717, 1.165) is 68.8 Å². The highest BCUT2D eigenvalue weighted by atomic mass is 32.1. The molecule has 1 atom stereocenters. The van der Waals surface area contributed by atoms with Crippen LogP contribution in [0.25, 0.3) is 0 Å². The number of thiophene rings is 1. The lowest BCUT2D eigenvalue weighted by atomic mass is 9.96. The largest absolute Gasteiger partial charge is 0.497 e. The van der Waals surface area contributed by atoms with Crippen molar-refractivity contribution in [1.82, 2.24) is 15.1 Å². The molecule has 2 amide bonds. The van der Waals surface area contributed by atoms with E-state index in [9.17, 15) is 9.59 Å². The number of methoxy groups -OCH3 is 2. The Morgan fingerprint density at radius 3 is 2.62 bits per heavy atom. The van der Waals surface area contributed by atoms with Crippen LogP contribution in [0, 0.1) is 5.92 Å². The zero-order valence-corrected chi connectivity index (χ0v) is 20.9. The molecule has 1 unspecified atom stereocenters. The number of carbonyl (C=O) groups is 2. The van der Waals surface area contributed by atoms with Gasteiger partial charge in [-0.2, -0.15) is 0 Å². The Hall–Kier alpha value is -2.58. The van der Waals surface area contributed by atoms with Crippen LogP contribution in [0.5, 0.6) is 11.5 Å². The molecular weight excluding hydrogens is 450 g/mol. The summed E-state index contributed by atoms with van der Waals surface area (Å²) in [6.45, 7) is 3.41. The third kappa shape index (κ3) is 5.91. The summed E-state index contributed by atoms with van der Waals surface area (Å²) in [7, 11) is 3.29.